The molecule has 88 valence electrons. The topological polar surface area (TPSA) is 26.3 Å². The van der Waals surface area contributed by atoms with Gasteiger partial charge < -0.3 is 4.74 Å². The summed E-state index contributed by atoms with van der Waals surface area (Å²) in [6.07, 6.45) is 3.72. The second-order valence-corrected chi connectivity index (χ2v) is 11.0. The Morgan fingerprint density at radius 3 is 2.73 bits per heavy atom. The van der Waals surface area contributed by atoms with Crippen LogP contribution in [0.4, 0.5) is 0 Å². The molecule has 1 aliphatic rings. The van der Waals surface area contributed by atoms with E-state index in [0.29, 0.717) is 0 Å². The molecule has 1 rings (SSSR count). The molecule has 0 amide bonds. The van der Waals surface area contributed by atoms with Crippen LogP contribution >= 0.6 is 0 Å². The molecule has 0 aromatic heterocycles. The molecular formula is C12H24O2Si. The summed E-state index contributed by atoms with van der Waals surface area (Å²) in [5.74, 6) is 0.817. The van der Waals surface area contributed by atoms with Crippen LogP contribution in [0.5, 0.6) is 0 Å². The molecule has 0 aromatic rings. The molecule has 0 saturated carbocycles. The van der Waals surface area contributed by atoms with Gasteiger partial charge in [0.1, 0.15) is 0 Å². The third-order valence-electron chi connectivity index (χ3n) is 3.60. The Bertz CT molecular complexity index is 226. The highest BCUT2D eigenvalue weighted by atomic mass is 28.3. The molecule has 2 atom stereocenters. The maximum absolute atomic E-state index is 11.3. The molecule has 2 unspecified atom stereocenters. The van der Waals surface area contributed by atoms with Crippen molar-refractivity contribution < 1.29 is 9.53 Å². The molecule has 0 aliphatic carbocycles. The highest BCUT2D eigenvalue weighted by Gasteiger charge is 2.31. The van der Waals surface area contributed by atoms with Gasteiger partial charge in [-0.1, -0.05) is 44.9 Å². The Hall–Kier alpha value is -0.313. The molecule has 0 radical (unpaired) electrons. The summed E-state index contributed by atoms with van der Waals surface area (Å²) in [4.78, 5) is 11.3. The minimum absolute atomic E-state index is 0.0416. The van der Waals surface area contributed by atoms with E-state index in [2.05, 4.69) is 13.1 Å². The fourth-order valence-corrected chi connectivity index (χ4v) is 6.15. The Labute approximate surface area is 94.4 Å². The number of hydrogen-bond acceptors (Lipinski definition) is 2. The number of methoxy groups -OCH3 is 1. The first-order valence-corrected chi connectivity index (χ1v) is 9.44. The zero-order valence-corrected chi connectivity index (χ0v) is 11.5. The van der Waals surface area contributed by atoms with Gasteiger partial charge in [-0.05, 0) is 12.3 Å². The van der Waals surface area contributed by atoms with E-state index < -0.39 is 8.07 Å². The number of carbonyl (C=O) groups is 1. The van der Waals surface area contributed by atoms with Crippen molar-refractivity contribution >= 4 is 14.0 Å². The Balaban J connectivity index is 2.41. The van der Waals surface area contributed by atoms with Crippen LogP contribution in [-0.2, 0) is 9.53 Å². The van der Waals surface area contributed by atoms with Crippen LogP contribution in [0.25, 0.3) is 0 Å². The summed E-state index contributed by atoms with van der Waals surface area (Å²) in [7, 11) is 0.567. The molecule has 15 heavy (non-hydrogen) atoms. The molecule has 1 saturated heterocycles. The second-order valence-electron chi connectivity index (χ2n) is 5.79. The summed E-state index contributed by atoms with van der Waals surface area (Å²) in [6, 6.07) is 2.87. The van der Waals surface area contributed by atoms with Gasteiger partial charge in [-0.25, -0.2) is 0 Å². The fourth-order valence-electron chi connectivity index (χ4n) is 2.85. The first kappa shape index (κ1) is 12.8. The summed E-state index contributed by atoms with van der Waals surface area (Å²) < 4.78 is 4.78. The number of carbonyl (C=O) groups excluding carboxylic acids is 1. The van der Waals surface area contributed by atoms with Crippen LogP contribution in [-0.4, -0.2) is 21.2 Å². The maximum Gasteiger partial charge on any atom is 0.308 e. The molecule has 1 aliphatic heterocycles. The lowest BCUT2D eigenvalue weighted by molar-refractivity contribution is -0.145. The van der Waals surface area contributed by atoms with E-state index in [1.54, 1.807) is 0 Å². The van der Waals surface area contributed by atoms with Crippen LogP contribution in [0, 0.1) is 11.8 Å². The van der Waals surface area contributed by atoms with E-state index in [-0.39, 0.29) is 11.9 Å². The van der Waals surface area contributed by atoms with Crippen LogP contribution in [0.3, 0.4) is 0 Å². The molecule has 0 bridgehead atoms. The van der Waals surface area contributed by atoms with Crippen molar-refractivity contribution in [2.45, 2.75) is 51.4 Å². The lowest BCUT2D eigenvalue weighted by Gasteiger charge is -2.34. The van der Waals surface area contributed by atoms with Crippen molar-refractivity contribution in [3.63, 3.8) is 0 Å². The first-order valence-electron chi connectivity index (χ1n) is 6.02. The zero-order valence-electron chi connectivity index (χ0n) is 10.5. The predicted octanol–water partition coefficient (Wildman–Crippen LogP) is 3.30. The predicted molar refractivity (Wildman–Crippen MR) is 65.6 cm³/mol. The maximum atomic E-state index is 11.3. The van der Waals surface area contributed by atoms with Crippen LogP contribution in [0.2, 0.25) is 25.2 Å². The highest BCUT2D eigenvalue weighted by molar-refractivity contribution is 6.77. The molecule has 0 aromatic carbocycles. The van der Waals surface area contributed by atoms with Gasteiger partial charge in [0.05, 0.1) is 13.0 Å². The van der Waals surface area contributed by atoms with Gasteiger partial charge in [0, 0.05) is 8.07 Å². The standard InChI is InChI=1S/C12H24O2Si/c1-10(12(13)14-2)8-11-6-5-7-15(3,4)9-11/h10-11H,5-9H2,1-4H3. The second kappa shape index (κ2) is 5.15. The number of esters is 1. The van der Waals surface area contributed by atoms with E-state index in [1.807, 2.05) is 6.92 Å². The van der Waals surface area contributed by atoms with E-state index in [1.165, 1.54) is 32.0 Å². The molecule has 0 N–H and O–H groups in total. The van der Waals surface area contributed by atoms with Crippen LogP contribution < -0.4 is 0 Å². The smallest absolute Gasteiger partial charge is 0.308 e. The molecule has 1 fully saturated rings. The quantitative estimate of drug-likeness (QED) is 0.547. The van der Waals surface area contributed by atoms with E-state index in [0.717, 1.165) is 12.3 Å². The van der Waals surface area contributed by atoms with Crippen molar-refractivity contribution in [1.29, 1.82) is 0 Å². The minimum atomic E-state index is -0.917. The summed E-state index contributed by atoms with van der Waals surface area (Å²) in [5.41, 5.74) is 0. The molecule has 1 heterocycles. The minimum Gasteiger partial charge on any atom is -0.469 e. The number of ether oxygens (including phenoxy) is 1. The number of rotatable bonds is 3. The van der Waals surface area contributed by atoms with Gasteiger partial charge in [0.25, 0.3) is 0 Å². The number of hydrogen-bond donors (Lipinski definition) is 0. The van der Waals surface area contributed by atoms with Gasteiger partial charge in [-0.2, -0.15) is 0 Å². The van der Waals surface area contributed by atoms with Crippen molar-refractivity contribution in [3.05, 3.63) is 0 Å². The van der Waals surface area contributed by atoms with E-state index >= 15 is 0 Å². The van der Waals surface area contributed by atoms with Crippen molar-refractivity contribution in [1.82, 2.24) is 0 Å². The average Bonchev–Trinajstić information content (AvgIpc) is 2.14. The molecular weight excluding hydrogens is 204 g/mol. The van der Waals surface area contributed by atoms with Gasteiger partial charge in [0.2, 0.25) is 0 Å². The summed E-state index contributed by atoms with van der Waals surface area (Å²) in [5, 5.41) is 0. The van der Waals surface area contributed by atoms with Gasteiger partial charge in [-0.15, -0.1) is 0 Å². The van der Waals surface area contributed by atoms with Crippen LogP contribution in [0.15, 0.2) is 0 Å². The normalized spacial score (nSPS) is 27.1. The summed E-state index contributed by atoms with van der Waals surface area (Å²) >= 11 is 0. The van der Waals surface area contributed by atoms with Crippen molar-refractivity contribution in [3.8, 4) is 0 Å². The third kappa shape index (κ3) is 3.97. The van der Waals surface area contributed by atoms with Crippen molar-refractivity contribution in [2.75, 3.05) is 7.11 Å². The largest absolute Gasteiger partial charge is 0.469 e. The highest BCUT2D eigenvalue weighted by Crippen LogP contribution is 2.36. The Morgan fingerprint density at radius 2 is 2.20 bits per heavy atom. The first-order chi connectivity index (χ1) is 6.94. The van der Waals surface area contributed by atoms with E-state index in [9.17, 15) is 4.79 Å². The lowest BCUT2D eigenvalue weighted by Crippen LogP contribution is -2.33. The Kier molecular flexibility index (Phi) is 4.38. The van der Waals surface area contributed by atoms with Crippen LogP contribution in [0.1, 0.15) is 26.2 Å². The zero-order chi connectivity index (χ0) is 11.5. The SMILES string of the molecule is COC(=O)C(C)CC1CCC[Si](C)(C)C1. The monoisotopic (exact) mass is 228 g/mol. The molecule has 3 heteroatoms. The lowest BCUT2D eigenvalue weighted by atomic mass is 9.93. The van der Waals surface area contributed by atoms with E-state index in [4.69, 9.17) is 4.74 Å². The van der Waals surface area contributed by atoms with Crippen molar-refractivity contribution in [2.24, 2.45) is 11.8 Å². The molecule has 2 nitrogen and oxygen atoms in total. The van der Waals surface area contributed by atoms with Gasteiger partial charge in [0.15, 0.2) is 0 Å². The van der Waals surface area contributed by atoms with Gasteiger partial charge >= 0.3 is 5.97 Å². The third-order valence-corrected chi connectivity index (χ3v) is 6.99. The summed E-state index contributed by atoms with van der Waals surface area (Å²) in [6.45, 7) is 6.94. The fraction of sp³-hybridized carbons (Fsp3) is 0.917. The van der Waals surface area contributed by atoms with Gasteiger partial charge in [-0.3, -0.25) is 4.79 Å². The Morgan fingerprint density at radius 1 is 1.53 bits per heavy atom. The average molecular weight is 228 g/mol. The molecule has 0 spiro atoms.